The van der Waals surface area contributed by atoms with Crippen molar-refractivity contribution in [1.82, 2.24) is 15.2 Å². The number of amides is 2. The second kappa shape index (κ2) is 8.43. The molecule has 25 heavy (non-hydrogen) atoms. The minimum absolute atomic E-state index is 0.108. The lowest BCUT2D eigenvalue weighted by Gasteiger charge is -2.10. The Labute approximate surface area is 146 Å². The van der Waals surface area contributed by atoms with Gasteiger partial charge in [-0.25, -0.2) is 4.39 Å². The molecule has 1 aromatic carbocycles. The number of hydrogen-bond acceptors (Lipinski definition) is 3. The highest BCUT2D eigenvalue weighted by Crippen LogP contribution is 2.21. The summed E-state index contributed by atoms with van der Waals surface area (Å²) in [6.07, 6.45) is 0. The number of ether oxygens (including phenoxy) is 1. The van der Waals surface area contributed by atoms with Crippen molar-refractivity contribution in [3.63, 3.8) is 0 Å². The molecule has 2 N–H and O–H groups in total. The van der Waals surface area contributed by atoms with Gasteiger partial charge in [-0.3, -0.25) is 9.59 Å². The van der Waals surface area contributed by atoms with Crippen molar-refractivity contribution in [1.29, 1.82) is 0 Å². The normalized spacial score (nSPS) is 10.6. The molecule has 2 rings (SSSR count). The Bertz CT molecular complexity index is 754. The number of carbonyl (C=O) groups is 2. The molecule has 2 amide bonds. The van der Waals surface area contributed by atoms with Gasteiger partial charge in [0.1, 0.15) is 5.82 Å². The first kappa shape index (κ1) is 18.7. The first-order chi connectivity index (χ1) is 11.9. The van der Waals surface area contributed by atoms with Crippen molar-refractivity contribution in [3.05, 3.63) is 53.1 Å². The molecule has 0 aliphatic rings. The number of benzene rings is 1. The van der Waals surface area contributed by atoms with E-state index in [9.17, 15) is 14.0 Å². The number of methoxy groups -OCH3 is 1. The molecule has 0 aliphatic carbocycles. The van der Waals surface area contributed by atoms with Crippen LogP contribution in [0.25, 0.3) is 5.69 Å². The maximum Gasteiger partial charge on any atom is 0.253 e. The lowest BCUT2D eigenvalue weighted by molar-refractivity contribution is -0.120. The third kappa shape index (κ3) is 4.67. The molecule has 7 heteroatoms. The molecule has 0 saturated carbocycles. The lowest BCUT2D eigenvalue weighted by atomic mass is 10.2. The summed E-state index contributed by atoms with van der Waals surface area (Å²) in [7, 11) is 1.55. The van der Waals surface area contributed by atoms with Crippen molar-refractivity contribution in [3.8, 4) is 5.69 Å². The fourth-order valence-corrected chi connectivity index (χ4v) is 2.59. The molecular weight excluding hydrogens is 325 g/mol. The van der Waals surface area contributed by atoms with Crippen LogP contribution in [0.1, 0.15) is 21.7 Å². The van der Waals surface area contributed by atoms with Gasteiger partial charge in [-0.05, 0) is 44.2 Å². The highest BCUT2D eigenvalue weighted by atomic mass is 19.1. The molecule has 0 aliphatic heterocycles. The molecule has 6 nitrogen and oxygen atoms in total. The molecule has 0 spiro atoms. The van der Waals surface area contributed by atoms with Gasteiger partial charge < -0.3 is 19.9 Å². The predicted molar refractivity (Wildman–Crippen MR) is 92.4 cm³/mol. The van der Waals surface area contributed by atoms with Crippen molar-refractivity contribution in [2.75, 3.05) is 26.8 Å². The van der Waals surface area contributed by atoms with Crippen LogP contribution in [-0.4, -0.2) is 43.2 Å². The van der Waals surface area contributed by atoms with Crippen LogP contribution >= 0.6 is 0 Å². The van der Waals surface area contributed by atoms with Gasteiger partial charge in [0.05, 0.1) is 18.7 Å². The van der Waals surface area contributed by atoms with Crippen LogP contribution in [0.15, 0.2) is 30.3 Å². The Balaban J connectivity index is 2.07. The van der Waals surface area contributed by atoms with Crippen molar-refractivity contribution >= 4 is 11.8 Å². The van der Waals surface area contributed by atoms with Crippen LogP contribution in [0, 0.1) is 19.7 Å². The highest BCUT2D eigenvalue weighted by Gasteiger charge is 2.17. The number of nitrogens with one attached hydrogen (secondary N) is 2. The summed E-state index contributed by atoms with van der Waals surface area (Å²) in [4.78, 5) is 24.0. The van der Waals surface area contributed by atoms with Crippen LogP contribution in [0.5, 0.6) is 0 Å². The summed E-state index contributed by atoms with van der Waals surface area (Å²) in [6, 6.07) is 7.80. The average Bonchev–Trinajstić information content (AvgIpc) is 2.88. The summed E-state index contributed by atoms with van der Waals surface area (Å²) in [6.45, 7) is 4.38. The van der Waals surface area contributed by atoms with E-state index in [2.05, 4.69) is 10.6 Å². The first-order valence-electron chi connectivity index (χ1n) is 7.92. The number of hydrogen-bond donors (Lipinski definition) is 2. The topological polar surface area (TPSA) is 72.4 Å². The molecule has 0 unspecified atom stereocenters. The fourth-order valence-electron chi connectivity index (χ4n) is 2.59. The van der Waals surface area contributed by atoms with Crippen molar-refractivity contribution in [2.24, 2.45) is 0 Å². The summed E-state index contributed by atoms with van der Waals surface area (Å²) in [5, 5.41) is 5.24. The van der Waals surface area contributed by atoms with E-state index in [0.29, 0.717) is 18.7 Å². The number of halogens is 1. The molecule has 0 fully saturated rings. The van der Waals surface area contributed by atoms with Crippen LogP contribution < -0.4 is 10.6 Å². The van der Waals surface area contributed by atoms with E-state index < -0.39 is 0 Å². The van der Waals surface area contributed by atoms with E-state index in [4.69, 9.17) is 4.74 Å². The molecule has 0 radical (unpaired) electrons. The molecule has 1 heterocycles. The van der Waals surface area contributed by atoms with Crippen LogP contribution in [0.2, 0.25) is 0 Å². The maximum absolute atomic E-state index is 13.1. The number of aromatic nitrogens is 1. The lowest BCUT2D eigenvalue weighted by Crippen LogP contribution is -2.38. The van der Waals surface area contributed by atoms with Gasteiger partial charge in [0.15, 0.2) is 0 Å². The third-order valence-electron chi connectivity index (χ3n) is 3.80. The predicted octanol–water partition coefficient (Wildman–Crippen LogP) is 1.73. The van der Waals surface area contributed by atoms with Gasteiger partial charge in [-0.2, -0.15) is 0 Å². The zero-order valence-corrected chi connectivity index (χ0v) is 14.6. The largest absolute Gasteiger partial charge is 0.383 e. The van der Waals surface area contributed by atoms with E-state index in [0.717, 1.165) is 17.1 Å². The fraction of sp³-hybridized carbons (Fsp3) is 0.333. The summed E-state index contributed by atoms with van der Waals surface area (Å²) in [5.41, 5.74) is 2.82. The minimum atomic E-state index is -0.330. The van der Waals surface area contributed by atoms with Gasteiger partial charge >= 0.3 is 0 Å². The second-order valence-electron chi connectivity index (χ2n) is 5.62. The number of carbonyl (C=O) groups excluding carboxylic acids is 2. The van der Waals surface area contributed by atoms with Crippen molar-refractivity contribution in [2.45, 2.75) is 13.8 Å². The third-order valence-corrected chi connectivity index (χ3v) is 3.80. The summed E-state index contributed by atoms with van der Waals surface area (Å²) < 4.78 is 19.8. The van der Waals surface area contributed by atoms with E-state index >= 15 is 0 Å². The molecule has 0 saturated heterocycles. The number of nitrogens with zero attached hydrogens (tertiary/aromatic N) is 1. The molecule has 134 valence electrons. The number of rotatable bonds is 7. The van der Waals surface area contributed by atoms with E-state index in [1.54, 1.807) is 25.3 Å². The Morgan fingerprint density at radius 3 is 2.48 bits per heavy atom. The minimum Gasteiger partial charge on any atom is -0.383 e. The smallest absolute Gasteiger partial charge is 0.253 e. The molecule has 0 bridgehead atoms. The van der Waals surface area contributed by atoms with Gasteiger partial charge in [0, 0.05) is 30.7 Å². The number of aryl methyl sites for hydroxylation is 1. The Kier molecular flexibility index (Phi) is 6.30. The first-order valence-corrected chi connectivity index (χ1v) is 7.92. The zero-order valence-electron chi connectivity index (χ0n) is 14.6. The highest BCUT2D eigenvalue weighted by molar-refractivity contribution is 5.97. The Morgan fingerprint density at radius 1 is 1.16 bits per heavy atom. The van der Waals surface area contributed by atoms with Crippen LogP contribution in [0.3, 0.4) is 0 Å². The summed E-state index contributed by atoms with van der Waals surface area (Å²) in [5.74, 6) is -0.926. The SMILES string of the molecule is COCCNC(=O)CNC(=O)c1cc(C)n(-c2ccc(F)cc2)c1C. The van der Waals surface area contributed by atoms with Crippen molar-refractivity contribution < 1.29 is 18.7 Å². The Morgan fingerprint density at radius 2 is 1.84 bits per heavy atom. The Hall–Kier alpha value is -2.67. The van der Waals surface area contributed by atoms with E-state index in [1.165, 1.54) is 12.1 Å². The standard InChI is InChI=1S/C18H22FN3O3/c1-12-10-16(18(24)21-11-17(23)20-8-9-25-3)13(2)22(12)15-6-4-14(19)5-7-15/h4-7,10H,8-9,11H2,1-3H3,(H,20,23)(H,21,24). The molecule has 2 aromatic rings. The quantitative estimate of drug-likeness (QED) is 0.749. The van der Waals surface area contributed by atoms with Gasteiger partial charge in [-0.1, -0.05) is 0 Å². The summed E-state index contributed by atoms with van der Waals surface area (Å²) >= 11 is 0. The van der Waals surface area contributed by atoms with E-state index in [1.807, 2.05) is 18.4 Å². The van der Waals surface area contributed by atoms with E-state index in [-0.39, 0.29) is 24.2 Å². The maximum atomic E-state index is 13.1. The van der Waals surface area contributed by atoms with Gasteiger partial charge in [-0.15, -0.1) is 0 Å². The van der Waals surface area contributed by atoms with Gasteiger partial charge in [0.2, 0.25) is 5.91 Å². The molecule has 1 aromatic heterocycles. The zero-order chi connectivity index (χ0) is 18.4. The van der Waals surface area contributed by atoms with Crippen LogP contribution in [0.4, 0.5) is 4.39 Å². The monoisotopic (exact) mass is 347 g/mol. The molecular formula is C18H22FN3O3. The average molecular weight is 347 g/mol. The van der Waals surface area contributed by atoms with Gasteiger partial charge in [0.25, 0.3) is 5.91 Å². The van der Waals surface area contributed by atoms with Crippen LogP contribution in [-0.2, 0) is 9.53 Å². The second-order valence-corrected chi connectivity index (χ2v) is 5.62. The molecule has 0 atom stereocenters.